The van der Waals surface area contributed by atoms with E-state index in [1.54, 1.807) is 6.33 Å². The molecule has 2 aromatic heterocycles. The average Bonchev–Trinajstić information content (AvgIpc) is 3.03. The topological polar surface area (TPSA) is 81.5 Å². The van der Waals surface area contributed by atoms with Crippen LogP contribution in [0.4, 0.5) is 0 Å². The zero-order valence-electron chi connectivity index (χ0n) is 11.4. The summed E-state index contributed by atoms with van der Waals surface area (Å²) in [5.74, 6) is 1.67. The van der Waals surface area contributed by atoms with Gasteiger partial charge in [0.1, 0.15) is 24.3 Å². The van der Waals surface area contributed by atoms with Crippen LogP contribution in [0.2, 0.25) is 0 Å². The standard InChI is InChI=1S/C8H13N3O.C3H5N3.H3P.H2/c1-7-9-6-11(10-7)8-4-2-3-5-12-8;1-3-4-2-5-6-3;;/h6,8H,2-5H2,1H3;2H,1H3,(H,4,5,6);1H3;1H/i;;;1+1. The number of nitrogens with zero attached hydrogens (tertiary/aromatic N) is 5. The van der Waals surface area contributed by atoms with E-state index < -0.39 is 0 Å². The monoisotopic (exact) mass is 287 g/mol. The van der Waals surface area contributed by atoms with Gasteiger partial charge in [-0.2, -0.15) is 20.1 Å². The maximum absolute atomic E-state index is 5.54. The van der Waals surface area contributed by atoms with Crippen molar-refractivity contribution in [3.63, 3.8) is 0 Å². The molecule has 3 heterocycles. The molecule has 1 aliphatic heterocycles. The van der Waals surface area contributed by atoms with E-state index >= 15 is 0 Å². The first kappa shape index (κ1) is 15.7. The normalized spacial score (nSPS) is 18.1. The summed E-state index contributed by atoms with van der Waals surface area (Å²) in [6.07, 6.45) is 6.80. The number of hydrogen-bond donors (Lipinski definition) is 1. The molecule has 1 saturated heterocycles. The molecule has 0 bridgehead atoms. The van der Waals surface area contributed by atoms with Crippen LogP contribution in [0.25, 0.3) is 0 Å². The predicted molar refractivity (Wildman–Crippen MR) is 77.9 cm³/mol. The number of ether oxygens (including phenoxy) is 1. The third kappa shape index (κ3) is 5.04. The molecule has 2 atom stereocenters. The van der Waals surface area contributed by atoms with Crippen LogP contribution in [0.3, 0.4) is 0 Å². The highest BCUT2D eigenvalue weighted by Gasteiger charge is 2.15. The molecule has 7 nitrogen and oxygen atoms in total. The van der Waals surface area contributed by atoms with E-state index in [9.17, 15) is 0 Å². The summed E-state index contributed by atoms with van der Waals surface area (Å²) in [4.78, 5) is 7.81. The molecule has 0 amide bonds. The molecule has 3 rings (SSSR count). The molecule has 2 unspecified atom stereocenters. The molecule has 0 aliphatic carbocycles. The molecule has 1 N–H and O–H groups in total. The molecule has 2 aromatic rings. The Morgan fingerprint density at radius 1 is 1.37 bits per heavy atom. The Balaban J connectivity index is 0.000000390. The summed E-state index contributed by atoms with van der Waals surface area (Å²) < 4.78 is 7.35. The van der Waals surface area contributed by atoms with Gasteiger partial charge in [-0.25, -0.2) is 14.6 Å². The maximum Gasteiger partial charge on any atom is 0.151 e. The van der Waals surface area contributed by atoms with Crippen LogP contribution in [0.1, 0.15) is 38.6 Å². The van der Waals surface area contributed by atoms with E-state index in [4.69, 9.17) is 4.74 Å². The number of nitrogens with one attached hydrogen (secondary N) is 1. The highest BCUT2D eigenvalue weighted by molar-refractivity contribution is 6.92. The van der Waals surface area contributed by atoms with Crippen molar-refractivity contribution in [2.75, 3.05) is 6.61 Å². The number of aryl methyl sites for hydroxylation is 2. The van der Waals surface area contributed by atoms with Crippen LogP contribution < -0.4 is 0 Å². The summed E-state index contributed by atoms with van der Waals surface area (Å²) >= 11 is 0. The number of aromatic nitrogens is 6. The Morgan fingerprint density at radius 3 is 2.63 bits per heavy atom. The lowest BCUT2D eigenvalue weighted by Crippen LogP contribution is -2.18. The van der Waals surface area contributed by atoms with Crippen LogP contribution >= 0.6 is 9.90 Å². The fourth-order valence-electron chi connectivity index (χ4n) is 1.70. The zero-order valence-corrected chi connectivity index (χ0v) is 12.8. The highest BCUT2D eigenvalue weighted by Crippen LogP contribution is 2.20. The van der Waals surface area contributed by atoms with Crippen molar-refractivity contribution in [1.82, 2.24) is 29.9 Å². The van der Waals surface area contributed by atoms with Gasteiger partial charge in [0.25, 0.3) is 0 Å². The maximum atomic E-state index is 5.54. The van der Waals surface area contributed by atoms with Crippen LogP contribution in [-0.2, 0) is 4.74 Å². The van der Waals surface area contributed by atoms with Crippen LogP contribution in [0.5, 0.6) is 0 Å². The molecule has 0 spiro atoms. The summed E-state index contributed by atoms with van der Waals surface area (Å²) in [5, 5.41) is 10.4. The van der Waals surface area contributed by atoms with Gasteiger partial charge in [0.05, 0.1) is 0 Å². The fourth-order valence-corrected chi connectivity index (χ4v) is 1.70. The van der Waals surface area contributed by atoms with Gasteiger partial charge in [0.15, 0.2) is 6.23 Å². The fraction of sp³-hybridized carbons (Fsp3) is 0.636. The molecule has 1 fully saturated rings. The third-order valence-electron chi connectivity index (χ3n) is 2.61. The van der Waals surface area contributed by atoms with Crippen molar-refractivity contribution in [3.05, 3.63) is 24.3 Å². The predicted octanol–water partition coefficient (Wildman–Crippen LogP) is 1.70. The molecule has 0 saturated carbocycles. The Labute approximate surface area is 117 Å². The van der Waals surface area contributed by atoms with Crippen molar-refractivity contribution >= 4 is 9.90 Å². The third-order valence-corrected chi connectivity index (χ3v) is 2.61. The Morgan fingerprint density at radius 2 is 2.21 bits per heavy atom. The molecular formula is C11H23N6OP. The summed E-state index contributed by atoms with van der Waals surface area (Å²) in [6, 6.07) is 0. The second-order valence-corrected chi connectivity index (χ2v) is 4.16. The van der Waals surface area contributed by atoms with Crippen molar-refractivity contribution in [3.8, 4) is 0 Å². The molecule has 0 aromatic carbocycles. The first-order chi connectivity index (χ1) is 8.75. The van der Waals surface area contributed by atoms with Crippen molar-refractivity contribution in [2.24, 2.45) is 0 Å². The van der Waals surface area contributed by atoms with Crippen LogP contribution in [-0.4, -0.2) is 36.6 Å². The van der Waals surface area contributed by atoms with Gasteiger partial charge in [-0.1, -0.05) is 0 Å². The van der Waals surface area contributed by atoms with Gasteiger partial charge in [-0.3, -0.25) is 5.10 Å². The number of rotatable bonds is 1. The smallest absolute Gasteiger partial charge is 0.151 e. The molecule has 1 aliphatic rings. The lowest BCUT2D eigenvalue weighted by atomic mass is 10.2. The quantitative estimate of drug-likeness (QED) is 0.807. The molecule has 19 heavy (non-hydrogen) atoms. The minimum Gasteiger partial charge on any atom is -0.356 e. The van der Waals surface area contributed by atoms with E-state index in [2.05, 4.69) is 25.3 Å². The van der Waals surface area contributed by atoms with Crippen molar-refractivity contribution in [2.45, 2.75) is 39.3 Å². The minimum absolute atomic E-state index is 0. The number of aromatic amines is 1. The van der Waals surface area contributed by atoms with E-state index in [0.717, 1.165) is 24.7 Å². The Hall–Kier alpha value is -1.33. The van der Waals surface area contributed by atoms with E-state index in [0.29, 0.717) is 0 Å². The van der Waals surface area contributed by atoms with Crippen molar-refractivity contribution < 1.29 is 6.16 Å². The number of hydrogen-bond acceptors (Lipinski definition) is 5. The SMILES string of the molecule is Cc1ncn(C2CCCCO2)n1.Cc1ncn[nH]1.P.[2HH]. The van der Waals surface area contributed by atoms with Crippen LogP contribution in [0.15, 0.2) is 12.7 Å². The lowest BCUT2D eigenvalue weighted by Gasteiger charge is -2.21. The van der Waals surface area contributed by atoms with Gasteiger partial charge in [0.2, 0.25) is 0 Å². The molecule has 0 radical (unpaired) electrons. The molecule has 8 heteroatoms. The van der Waals surface area contributed by atoms with Gasteiger partial charge in [-0.15, -0.1) is 0 Å². The van der Waals surface area contributed by atoms with Gasteiger partial charge >= 0.3 is 0 Å². The summed E-state index contributed by atoms with van der Waals surface area (Å²) in [5.41, 5.74) is 0. The largest absolute Gasteiger partial charge is 0.356 e. The molecular weight excluding hydrogens is 263 g/mol. The van der Waals surface area contributed by atoms with E-state index in [-0.39, 0.29) is 17.6 Å². The van der Waals surface area contributed by atoms with Crippen molar-refractivity contribution in [1.29, 1.82) is 0 Å². The van der Waals surface area contributed by atoms with E-state index in [1.807, 2.05) is 18.5 Å². The Kier molecular flexibility index (Phi) is 6.59. The minimum atomic E-state index is 0. The summed E-state index contributed by atoms with van der Waals surface area (Å²) in [6.45, 7) is 4.59. The average molecular weight is 287 g/mol. The van der Waals surface area contributed by atoms with E-state index in [1.165, 1.54) is 19.2 Å². The van der Waals surface area contributed by atoms with Gasteiger partial charge in [0, 0.05) is 8.03 Å². The molecule has 108 valence electrons. The summed E-state index contributed by atoms with van der Waals surface area (Å²) in [7, 11) is 0. The Bertz CT molecular complexity index is 457. The first-order valence-electron chi connectivity index (χ1n) is 6.07. The van der Waals surface area contributed by atoms with Gasteiger partial charge < -0.3 is 4.74 Å². The highest BCUT2D eigenvalue weighted by atomic mass is 31.0. The number of H-pyrrole nitrogens is 1. The van der Waals surface area contributed by atoms with Gasteiger partial charge in [-0.05, 0) is 33.1 Å². The van der Waals surface area contributed by atoms with Crippen LogP contribution in [0, 0.1) is 13.8 Å². The second kappa shape index (κ2) is 7.96. The lowest BCUT2D eigenvalue weighted by molar-refractivity contribution is -0.0398. The first-order valence-corrected chi connectivity index (χ1v) is 6.07. The second-order valence-electron chi connectivity index (χ2n) is 4.16. The zero-order chi connectivity index (χ0) is 12.8.